The first-order valence-electron chi connectivity index (χ1n) is 9.20. The Morgan fingerprint density at radius 3 is 2.63 bits per heavy atom. The molecule has 2 aliphatic rings. The van der Waals surface area contributed by atoms with Gasteiger partial charge in [-0.1, -0.05) is 0 Å². The van der Waals surface area contributed by atoms with Crippen molar-refractivity contribution in [3.05, 3.63) is 46.2 Å². The third-order valence-electron chi connectivity index (χ3n) is 5.05. The van der Waals surface area contributed by atoms with Gasteiger partial charge in [-0.15, -0.1) is 11.3 Å². The lowest BCUT2D eigenvalue weighted by Gasteiger charge is -2.31. The second-order valence-corrected chi connectivity index (χ2v) is 7.66. The molecule has 142 valence electrons. The molecule has 2 heterocycles. The van der Waals surface area contributed by atoms with Gasteiger partial charge in [0.15, 0.2) is 0 Å². The van der Waals surface area contributed by atoms with Gasteiger partial charge in [-0.3, -0.25) is 9.69 Å². The van der Waals surface area contributed by atoms with Crippen LogP contribution in [0.25, 0.3) is 0 Å². The summed E-state index contributed by atoms with van der Waals surface area (Å²) in [6.07, 6.45) is 2.52. The van der Waals surface area contributed by atoms with Crippen LogP contribution in [0.15, 0.2) is 35.7 Å². The van der Waals surface area contributed by atoms with Crippen molar-refractivity contribution in [2.75, 3.05) is 19.8 Å². The van der Waals surface area contributed by atoms with Gasteiger partial charge in [0.25, 0.3) is 5.91 Å². The minimum Gasteiger partial charge on any atom is -0.494 e. The zero-order valence-corrected chi connectivity index (χ0v) is 16.0. The number of hydrogen-bond donors (Lipinski definition) is 1. The fraction of sp³-hybridized carbons (Fsp3) is 0.400. The first kappa shape index (κ1) is 17.9. The molecule has 6 nitrogen and oxygen atoms in total. The number of rotatable bonds is 6. The lowest BCUT2D eigenvalue weighted by atomic mass is 9.80. The zero-order chi connectivity index (χ0) is 18.9. The molecule has 1 aromatic heterocycles. The molecule has 1 N–H and O–H groups in total. The average Bonchev–Trinajstić information content (AvgIpc) is 3.24. The molecule has 1 aliphatic heterocycles. The highest BCUT2D eigenvalue weighted by atomic mass is 32.1. The topological polar surface area (TPSA) is 67.9 Å². The maximum Gasteiger partial charge on any atom is 0.325 e. The van der Waals surface area contributed by atoms with E-state index in [0.29, 0.717) is 18.8 Å². The number of nitrogens with zero attached hydrogens (tertiary/aromatic N) is 1. The molecule has 0 unspecified atom stereocenters. The number of benzene rings is 1. The zero-order valence-electron chi connectivity index (χ0n) is 15.2. The van der Waals surface area contributed by atoms with Crippen LogP contribution < -0.4 is 14.8 Å². The van der Waals surface area contributed by atoms with Crippen molar-refractivity contribution in [3.8, 4) is 11.5 Å². The molecule has 4 rings (SSSR count). The highest BCUT2D eigenvalue weighted by Gasteiger charge is 2.54. The Morgan fingerprint density at radius 2 is 1.89 bits per heavy atom. The number of imide groups is 1. The van der Waals surface area contributed by atoms with Gasteiger partial charge in [-0.05, 0) is 61.9 Å². The van der Waals surface area contributed by atoms with Gasteiger partial charge in [-0.25, -0.2) is 4.79 Å². The van der Waals surface area contributed by atoms with E-state index in [1.54, 1.807) is 11.3 Å². The number of carbonyl (C=O) groups is 2. The van der Waals surface area contributed by atoms with E-state index >= 15 is 0 Å². The predicted molar refractivity (Wildman–Crippen MR) is 102 cm³/mol. The van der Waals surface area contributed by atoms with Crippen LogP contribution in [0.5, 0.6) is 11.5 Å². The summed E-state index contributed by atoms with van der Waals surface area (Å²) in [6.45, 7) is 3.01. The van der Waals surface area contributed by atoms with E-state index in [1.807, 2.05) is 42.6 Å². The smallest absolute Gasteiger partial charge is 0.325 e. The van der Waals surface area contributed by atoms with Crippen LogP contribution in [0, 0.1) is 0 Å². The van der Waals surface area contributed by atoms with Crippen LogP contribution in [-0.4, -0.2) is 36.6 Å². The van der Waals surface area contributed by atoms with Crippen LogP contribution in [0.4, 0.5) is 4.79 Å². The number of fused-ring (bicyclic) bond motifs is 2. The van der Waals surface area contributed by atoms with Gasteiger partial charge < -0.3 is 14.8 Å². The maximum absolute atomic E-state index is 13.1. The summed E-state index contributed by atoms with van der Waals surface area (Å²) < 4.78 is 11.1. The molecular weight excluding hydrogens is 364 g/mol. The van der Waals surface area contributed by atoms with Crippen molar-refractivity contribution in [2.24, 2.45) is 0 Å². The second-order valence-electron chi connectivity index (χ2n) is 6.66. The lowest BCUT2D eigenvalue weighted by Crippen LogP contribution is -2.46. The van der Waals surface area contributed by atoms with E-state index in [2.05, 4.69) is 5.32 Å². The number of ether oxygens (including phenoxy) is 2. The molecule has 7 heteroatoms. The Morgan fingerprint density at radius 1 is 1.15 bits per heavy atom. The van der Waals surface area contributed by atoms with E-state index in [0.717, 1.165) is 24.2 Å². The van der Waals surface area contributed by atoms with E-state index in [1.165, 1.54) is 9.78 Å². The monoisotopic (exact) mass is 386 g/mol. The molecule has 0 radical (unpaired) electrons. The predicted octanol–water partition coefficient (Wildman–Crippen LogP) is 3.31. The first-order chi connectivity index (χ1) is 13.1. The van der Waals surface area contributed by atoms with Crippen molar-refractivity contribution in [2.45, 2.75) is 31.7 Å². The van der Waals surface area contributed by atoms with Gasteiger partial charge in [0, 0.05) is 10.4 Å². The van der Waals surface area contributed by atoms with E-state index < -0.39 is 5.54 Å². The van der Waals surface area contributed by atoms with Crippen LogP contribution in [0.2, 0.25) is 0 Å². The summed E-state index contributed by atoms with van der Waals surface area (Å²) in [4.78, 5) is 28.0. The van der Waals surface area contributed by atoms with E-state index in [9.17, 15) is 9.59 Å². The highest BCUT2D eigenvalue weighted by Crippen LogP contribution is 2.42. The van der Waals surface area contributed by atoms with Crippen molar-refractivity contribution in [1.29, 1.82) is 0 Å². The Balaban J connectivity index is 1.40. The number of amides is 3. The van der Waals surface area contributed by atoms with Crippen molar-refractivity contribution >= 4 is 23.3 Å². The highest BCUT2D eigenvalue weighted by molar-refractivity contribution is 7.10. The summed E-state index contributed by atoms with van der Waals surface area (Å²) in [6, 6.07) is 8.93. The van der Waals surface area contributed by atoms with Crippen LogP contribution in [0.3, 0.4) is 0 Å². The summed E-state index contributed by atoms with van der Waals surface area (Å²) in [5.41, 5.74) is 0.0797. The largest absolute Gasteiger partial charge is 0.494 e. The Hall–Kier alpha value is -2.54. The van der Waals surface area contributed by atoms with Crippen molar-refractivity contribution in [1.82, 2.24) is 10.2 Å². The second kappa shape index (κ2) is 7.23. The number of carbonyl (C=O) groups excluding carboxylic acids is 2. The number of thiophene rings is 1. The van der Waals surface area contributed by atoms with Crippen molar-refractivity contribution in [3.63, 3.8) is 0 Å². The number of hydrogen-bond acceptors (Lipinski definition) is 5. The fourth-order valence-electron chi connectivity index (χ4n) is 3.80. The lowest BCUT2D eigenvalue weighted by molar-refractivity contribution is -0.132. The molecule has 1 aromatic carbocycles. The molecule has 1 aliphatic carbocycles. The summed E-state index contributed by atoms with van der Waals surface area (Å²) in [7, 11) is 0. The average molecular weight is 386 g/mol. The summed E-state index contributed by atoms with van der Waals surface area (Å²) in [5, 5.41) is 4.95. The molecular formula is C20H22N2O4S. The van der Waals surface area contributed by atoms with E-state index in [-0.39, 0.29) is 25.1 Å². The minimum absolute atomic E-state index is 0.165. The number of urea groups is 1. The van der Waals surface area contributed by atoms with Gasteiger partial charge in [0.1, 0.15) is 23.6 Å². The van der Waals surface area contributed by atoms with Gasteiger partial charge >= 0.3 is 6.03 Å². The quantitative estimate of drug-likeness (QED) is 0.774. The Labute approximate surface area is 162 Å². The third-order valence-corrected chi connectivity index (χ3v) is 6.04. The maximum atomic E-state index is 13.1. The Kier molecular flexibility index (Phi) is 4.78. The normalized spacial score (nSPS) is 21.3. The summed E-state index contributed by atoms with van der Waals surface area (Å²) >= 11 is 1.65. The molecule has 1 fully saturated rings. The number of aryl methyl sites for hydroxylation is 1. The molecule has 0 bridgehead atoms. The van der Waals surface area contributed by atoms with Crippen LogP contribution in [-0.2, 0) is 16.8 Å². The fourth-order valence-corrected chi connectivity index (χ4v) is 4.80. The van der Waals surface area contributed by atoms with Gasteiger partial charge in [-0.2, -0.15) is 0 Å². The molecule has 27 heavy (non-hydrogen) atoms. The summed E-state index contributed by atoms with van der Waals surface area (Å²) in [5.74, 6) is 1.30. The van der Waals surface area contributed by atoms with Gasteiger partial charge in [0.05, 0.1) is 13.2 Å². The third kappa shape index (κ3) is 3.16. The standard InChI is InChI=1S/C20H22N2O4S/c1-2-25-14-5-7-15(8-6-14)26-12-11-22-18(23)20(21-19(22)24)10-3-4-17-16(20)9-13-27-17/h5-9,13H,2-4,10-12H2,1H3,(H,21,24)/t20-/m1/s1. The SMILES string of the molecule is CCOc1ccc(OCCN2C(=O)N[C@@]3(CCCc4sccc43)C2=O)cc1. The molecule has 1 spiro atoms. The Bertz CT molecular complexity index is 848. The molecule has 1 saturated heterocycles. The molecule has 2 aromatic rings. The minimum atomic E-state index is -0.885. The van der Waals surface area contributed by atoms with Crippen molar-refractivity contribution < 1.29 is 19.1 Å². The van der Waals surface area contributed by atoms with Crippen LogP contribution in [0.1, 0.15) is 30.2 Å². The van der Waals surface area contributed by atoms with Gasteiger partial charge in [0.2, 0.25) is 0 Å². The molecule has 0 saturated carbocycles. The molecule has 1 atom stereocenters. The van der Waals surface area contributed by atoms with E-state index in [4.69, 9.17) is 9.47 Å². The first-order valence-corrected chi connectivity index (χ1v) is 10.1. The van der Waals surface area contributed by atoms with Crippen LogP contribution >= 0.6 is 11.3 Å². The number of nitrogens with one attached hydrogen (secondary N) is 1. The molecule has 3 amide bonds.